The monoisotopic (exact) mass is 455 g/mol. The van der Waals surface area contributed by atoms with E-state index in [0.717, 1.165) is 16.5 Å². The van der Waals surface area contributed by atoms with E-state index in [0.29, 0.717) is 36.5 Å². The summed E-state index contributed by atoms with van der Waals surface area (Å²) in [5.74, 6) is -0.308. The molecule has 1 fully saturated rings. The molecule has 11 heteroatoms. The van der Waals surface area contributed by atoms with Crippen molar-refractivity contribution in [2.24, 2.45) is 4.99 Å². The molecule has 1 saturated heterocycles. The molecule has 1 amide bonds. The molecule has 3 rings (SSSR count). The maximum Gasteiger partial charge on any atom is 0.326 e. The molecule has 30 heavy (non-hydrogen) atoms. The highest BCUT2D eigenvalue weighted by molar-refractivity contribution is 7.88. The molecular formula is C19H25N3O6S2. The topological polar surface area (TPSA) is 107 Å². The van der Waals surface area contributed by atoms with Crippen LogP contribution in [-0.4, -0.2) is 61.2 Å². The zero-order valence-corrected chi connectivity index (χ0v) is 18.8. The molecule has 0 saturated carbocycles. The highest BCUT2D eigenvalue weighted by Gasteiger charge is 2.36. The van der Waals surface area contributed by atoms with Crippen LogP contribution in [0.5, 0.6) is 5.75 Å². The Morgan fingerprint density at radius 2 is 2.03 bits per heavy atom. The van der Waals surface area contributed by atoms with Crippen LogP contribution in [0.1, 0.15) is 26.7 Å². The number of carbonyl (C=O) groups excluding carboxylic acids is 2. The third-order valence-electron chi connectivity index (χ3n) is 4.68. The second kappa shape index (κ2) is 9.27. The maximum absolute atomic E-state index is 12.9. The number of aromatic nitrogens is 1. The number of fused-ring (bicyclic) bond motifs is 1. The third kappa shape index (κ3) is 4.90. The molecule has 0 aliphatic carbocycles. The Kier molecular flexibility index (Phi) is 6.94. The van der Waals surface area contributed by atoms with Gasteiger partial charge in [-0.3, -0.25) is 9.59 Å². The lowest BCUT2D eigenvalue weighted by Gasteiger charge is -2.18. The number of rotatable bonds is 7. The normalized spacial score (nSPS) is 18.1. The van der Waals surface area contributed by atoms with E-state index in [2.05, 4.69) is 4.99 Å². The molecule has 0 radical (unpaired) electrons. The molecule has 1 aromatic heterocycles. The SMILES string of the molecule is CCOC(=O)Cn1c(=NC(=O)C2CCCN2S(C)(=O)=O)sc2cc(OCC)ccc21. The van der Waals surface area contributed by atoms with Gasteiger partial charge in [0.05, 0.1) is 29.7 Å². The number of nitrogens with zero attached hydrogens (tertiary/aromatic N) is 3. The zero-order valence-electron chi connectivity index (χ0n) is 17.2. The van der Waals surface area contributed by atoms with E-state index >= 15 is 0 Å². The van der Waals surface area contributed by atoms with Gasteiger partial charge in [0.15, 0.2) is 4.80 Å². The fraction of sp³-hybridized carbons (Fsp3) is 0.526. The van der Waals surface area contributed by atoms with Gasteiger partial charge in [0.25, 0.3) is 5.91 Å². The summed E-state index contributed by atoms with van der Waals surface area (Å²) in [4.78, 5) is 29.5. The second-order valence-electron chi connectivity index (χ2n) is 6.82. The number of carbonyl (C=O) groups is 2. The second-order valence-corrected chi connectivity index (χ2v) is 9.76. The predicted molar refractivity (Wildman–Crippen MR) is 113 cm³/mol. The Labute approximate surface area is 179 Å². The van der Waals surface area contributed by atoms with E-state index in [-0.39, 0.29) is 13.2 Å². The smallest absolute Gasteiger partial charge is 0.326 e. The maximum atomic E-state index is 12.9. The lowest BCUT2D eigenvalue weighted by Crippen LogP contribution is -2.40. The quantitative estimate of drug-likeness (QED) is 0.586. The lowest BCUT2D eigenvalue weighted by molar-refractivity contribution is -0.143. The number of ether oxygens (including phenoxy) is 2. The van der Waals surface area contributed by atoms with E-state index in [1.807, 2.05) is 13.0 Å². The largest absolute Gasteiger partial charge is 0.494 e. The van der Waals surface area contributed by atoms with Crippen molar-refractivity contribution in [2.45, 2.75) is 39.3 Å². The van der Waals surface area contributed by atoms with E-state index in [9.17, 15) is 18.0 Å². The Hall–Kier alpha value is -2.24. The van der Waals surface area contributed by atoms with Crippen LogP contribution < -0.4 is 9.54 Å². The molecule has 9 nitrogen and oxygen atoms in total. The van der Waals surface area contributed by atoms with Crippen molar-refractivity contribution >= 4 is 43.5 Å². The number of esters is 1. The Bertz CT molecular complexity index is 1120. The first kappa shape index (κ1) is 22.4. The third-order valence-corrected chi connectivity index (χ3v) is 7.01. The highest BCUT2D eigenvalue weighted by atomic mass is 32.2. The fourth-order valence-electron chi connectivity index (χ4n) is 3.44. The van der Waals surface area contributed by atoms with Crippen molar-refractivity contribution in [2.75, 3.05) is 26.0 Å². The number of sulfonamides is 1. The molecule has 2 aromatic rings. The minimum absolute atomic E-state index is 0.103. The van der Waals surface area contributed by atoms with Gasteiger partial charge in [-0.05, 0) is 44.9 Å². The van der Waals surface area contributed by atoms with Gasteiger partial charge in [-0.25, -0.2) is 8.42 Å². The van der Waals surface area contributed by atoms with Gasteiger partial charge >= 0.3 is 5.97 Å². The number of hydrogen-bond acceptors (Lipinski definition) is 7. The van der Waals surface area contributed by atoms with Crippen LogP contribution in [0, 0.1) is 0 Å². The number of thiazole rings is 1. The van der Waals surface area contributed by atoms with Crippen LogP contribution in [0.15, 0.2) is 23.2 Å². The lowest BCUT2D eigenvalue weighted by atomic mass is 10.2. The van der Waals surface area contributed by atoms with Crippen LogP contribution in [0.25, 0.3) is 10.2 Å². The molecule has 1 atom stereocenters. The van der Waals surface area contributed by atoms with Gasteiger partial charge < -0.3 is 14.0 Å². The molecule has 0 bridgehead atoms. The van der Waals surface area contributed by atoms with Crippen molar-refractivity contribution < 1.29 is 27.5 Å². The van der Waals surface area contributed by atoms with Crippen molar-refractivity contribution in [3.8, 4) is 5.75 Å². The summed E-state index contributed by atoms with van der Waals surface area (Å²) < 4.78 is 38.1. The molecule has 0 N–H and O–H groups in total. The van der Waals surface area contributed by atoms with Crippen molar-refractivity contribution in [1.82, 2.24) is 8.87 Å². The zero-order chi connectivity index (χ0) is 21.9. The summed E-state index contributed by atoms with van der Waals surface area (Å²) in [7, 11) is -3.50. The van der Waals surface area contributed by atoms with E-state index < -0.39 is 27.9 Å². The van der Waals surface area contributed by atoms with Crippen molar-refractivity contribution in [1.29, 1.82) is 0 Å². The summed E-state index contributed by atoms with van der Waals surface area (Å²) >= 11 is 1.24. The van der Waals surface area contributed by atoms with Crippen LogP contribution in [0.2, 0.25) is 0 Å². The summed E-state index contributed by atoms with van der Waals surface area (Å²) in [6.07, 6.45) is 2.12. The van der Waals surface area contributed by atoms with E-state index in [4.69, 9.17) is 9.47 Å². The molecule has 0 spiro atoms. The van der Waals surface area contributed by atoms with Gasteiger partial charge in [0.1, 0.15) is 18.3 Å². The van der Waals surface area contributed by atoms with Crippen LogP contribution in [0.4, 0.5) is 0 Å². The molecule has 1 aromatic carbocycles. The van der Waals surface area contributed by atoms with Crippen LogP contribution >= 0.6 is 11.3 Å². The summed E-state index contributed by atoms with van der Waals surface area (Å²) in [5.41, 5.74) is 0.717. The first-order chi connectivity index (χ1) is 14.2. The van der Waals surface area contributed by atoms with Gasteiger partial charge in [0, 0.05) is 6.54 Å². The minimum atomic E-state index is -3.50. The number of hydrogen-bond donors (Lipinski definition) is 0. The molecule has 2 heterocycles. The summed E-state index contributed by atoms with van der Waals surface area (Å²) in [5, 5.41) is 0. The van der Waals surface area contributed by atoms with Crippen molar-refractivity contribution in [3.63, 3.8) is 0 Å². The van der Waals surface area contributed by atoms with E-state index in [1.54, 1.807) is 23.6 Å². The first-order valence-corrected chi connectivity index (χ1v) is 12.4. The molecule has 164 valence electrons. The average Bonchev–Trinajstić information content (AvgIpc) is 3.28. The number of benzene rings is 1. The Morgan fingerprint density at radius 1 is 1.27 bits per heavy atom. The number of amides is 1. The first-order valence-electron chi connectivity index (χ1n) is 9.71. The molecule has 1 aliphatic heterocycles. The van der Waals surface area contributed by atoms with Crippen LogP contribution in [0.3, 0.4) is 0 Å². The van der Waals surface area contributed by atoms with Gasteiger partial charge in [-0.1, -0.05) is 11.3 Å². The van der Waals surface area contributed by atoms with Crippen LogP contribution in [-0.2, 0) is 30.9 Å². The molecule has 1 unspecified atom stereocenters. The predicted octanol–water partition coefficient (Wildman–Crippen LogP) is 1.52. The highest BCUT2D eigenvalue weighted by Crippen LogP contribution is 2.25. The van der Waals surface area contributed by atoms with Gasteiger partial charge in [-0.15, -0.1) is 0 Å². The summed E-state index contributed by atoms with van der Waals surface area (Å²) in [6.45, 7) is 4.56. The summed E-state index contributed by atoms with van der Waals surface area (Å²) in [6, 6.07) is 4.60. The van der Waals surface area contributed by atoms with Gasteiger partial charge in [0.2, 0.25) is 10.0 Å². The molecular weight excluding hydrogens is 430 g/mol. The Morgan fingerprint density at radius 3 is 2.70 bits per heavy atom. The fourth-order valence-corrected chi connectivity index (χ4v) is 5.62. The minimum Gasteiger partial charge on any atom is -0.494 e. The Balaban J connectivity index is 2.05. The standard InChI is InChI=1S/C19H25N3O6S2/c1-4-27-13-8-9-14-16(11-13)29-19(21(14)12-17(23)28-5-2)20-18(24)15-7-6-10-22(15)30(3,25)26/h8-9,11,15H,4-7,10,12H2,1-3H3. The average molecular weight is 456 g/mol. The van der Waals surface area contributed by atoms with E-state index in [1.165, 1.54) is 15.6 Å². The van der Waals surface area contributed by atoms with Gasteiger partial charge in [-0.2, -0.15) is 9.30 Å². The van der Waals surface area contributed by atoms with Crippen molar-refractivity contribution in [3.05, 3.63) is 23.0 Å². The molecule has 1 aliphatic rings.